The topological polar surface area (TPSA) is 65.0 Å². The largest absolute Gasteiger partial charge is 0.485 e. The van der Waals surface area contributed by atoms with Crippen LogP contribution in [0.25, 0.3) is 0 Å². The Morgan fingerprint density at radius 3 is 2.50 bits per heavy atom. The second kappa shape index (κ2) is 10.6. The minimum Gasteiger partial charge on any atom is -0.485 e. The highest BCUT2D eigenvalue weighted by atomic mass is 35.5. The molecule has 0 bridgehead atoms. The van der Waals surface area contributed by atoms with E-state index in [1.807, 2.05) is 0 Å². The van der Waals surface area contributed by atoms with E-state index >= 15 is 0 Å². The highest BCUT2D eigenvalue weighted by Crippen LogP contribution is 2.35. The summed E-state index contributed by atoms with van der Waals surface area (Å²) in [5.41, 5.74) is 0. The molecule has 28 heavy (non-hydrogen) atoms. The summed E-state index contributed by atoms with van der Waals surface area (Å²) in [5, 5.41) is 10.1. The summed E-state index contributed by atoms with van der Waals surface area (Å²) in [6.45, 7) is 3.08. The highest BCUT2D eigenvalue weighted by Gasteiger charge is 2.11. The first-order chi connectivity index (χ1) is 13.3. The van der Waals surface area contributed by atoms with E-state index in [1.165, 1.54) is 12.2 Å². The average Bonchev–Trinajstić information content (AvgIpc) is 2.65. The second-order valence-electron chi connectivity index (χ2n) is 5.88. The van der Waals surface area contributed by atoms with Gasteiger partial charge in [0.25, 0.3) is 0 Å². The van der Waals surface area contributed by atoms with Crippen LogP contribution in [0.15, 0.2) is 48.6 Å². The molecule has 2 unspecified atom stereocenters. The van der Waals surface area contributed by atoms with Gasteiger partial charge in [-0.2, -0.15) is 0 Å². The van der Waals surface area contributed by atoms with E-state index < -0.39 is 18.2 Å². The molecule has 2 aromatic carbocycles. The Bertz CT molecular complexity index is 854. The second-order valence-corrected chi connectivity index (χ2v) is 7.13. The van der Waals surface area contributed by atoms with Crippen LogP contribution in [0.5, 0.6) is 17.2 Å². The Labute approximate surface area is 178 Å². The number of esters is 1. The van der Waals surface area contributed by atoms with Crippen LogP contribution in [-0.4, -0.2) is 29.9 Å². The molecule has 0 saturated heterocycles. The first-order valence-corrected chi connectivity index (χ1v) is 9.50. The summed E-state index contributed by atoms with van der Waals surface area (Å²) in [5.74, 6) is 0.708. The lowest BCUT2D eigenvalue weighted by atomic mass is 10.3. The fourth-order valence-electron chi connectivity index (χ4n) is 2.05. The van der Waals surface area contributed by atoms with Crippen molar-refractivity contribution in [1.82, 2.24) is 0 Å². The van der Waals surface area contributed by atoms with E-state index in [9.17, 15) is 4.79 Å². The third-order valence-corrected chi connectivity index (χ3v) is 4.26. The van der Waals surface area contributed by atoms with Crippen molar-refractivity contribution in [3.05, 3.63) is 63.6 Å². The van der Waals surface area contributed by atoms with E-state index in [0.717, 1.165) is 0 Å². The van der Waals surface area contributed by atoms with Crippen LogP contribution in [0.4, 0.5) is 0 Å². The van der Waals surface area contributed by atoms with Gasteiger partial charge in [-0.05, 0) is 50.3 Å². The Balaban J connectivity index is 2.05. The molecule has 150 valence electrons. The van der Waals surface area contributed by atoms with Crippen LogP contribution >= 0.6 is 34.8 Å². The van der Waals surface area contributed by atoms with E-state index in [2.05, 4.69) is 0 Å². The van der Waals surface area contributed by atoms with Crippen LogP contribution < -0.4 is 9.47 Å². The van der Waals surface area contributed by atoms with Crippen molar-refractivity contribution in [2.24, 2.45) is 0 Å². The summed E-state index contributed by atoms with van der Waals surface area (Å²) in [4.78, 5) is 11.6. The number of hydrogen-bond donors (Lipinski definition) is 1. The van der Waals surface area contributed by atoms with Gasteiger partial charge in [-0.15, -0.1) is 0 Å². The predicted molar refractivity (Wildman–Crippen MR) is 110 cm³/mol. The summed E-state index contributed by atoms with van der Waals surface area (Å²) in [6.07, 6.45) is 1.71. The molecule has 0 amide bonds. The van der Waals surface area contributed by atoms with Crippen molar-refractivity contribution in [1.29, 1.82) is 0 Å². The molecule has 0 radical (unpaired) electrons. The number of benzene rings is 2. The lowest BCUT2D eigenvalue weighted by Crippen LogP contribution is -2.17. The van der Waals surface area contributed by atoms with Crippen molar-refractivity contribution in [3.63, 3.8) is 0 Å². The van der Waals surface area contributed by atoms with Crippen molar-refractivity contribution in [2.45, 2.75) is 26.1 Å². The van der Waals surface area contributed by atoms with Crippen LogP contribution in [-0.2, 0) is 9.53 Å². The quantitative estimate of drug-likeness (QED) is 0.418. The number of hydrogen-bond acceptors (Lipinski definition) is 5. The predicted octanol–water partition coefficient (Wildman–Crippen LogP) is 5.69. The van der Waals surface area contributed by atoms with Crippen LogP contribution in [0.2, 0.25) is 15.1 Å². The number of halogens is 3. The third-order valence-electron chi connectivity index (χ3n) is 3.42. The summed E-state index contributed by atoms with van der Waals surface area (Å²) < 4.78 is 16.4. The molecule has 0 aliphatic heterocycles. The number of ether oxygens (including phenoxy) is 3. The molecule has 8 heteroatoms. The first kappa shape index (κ1) is 22.4. The Kier molecular flexibility index (Phi) is 8.45. The zero-order valence-electron chi connectivity index (χ0n) is 15.2. The Morgan fingerprint density at radius 1 is 1.07 bits per heavy atom. The minimum atomic E-state index is -0.573. The average molecular weight is 446 g/mol. The Morgan fingerprint density at radius 2 is 1.82 bits per heavy atom. The molecule has 1 N–H and O–H groups in total. The number of carbonyl (C=O) groups is 1. The van der Waals surface area contributed by atoms with Crippen LogP contribution in [0, 0.1) is 0 Å². The number of aliphatic hydroxyl groups is 1. The molecule has 5 nitrogen and oxygen atoms in total. The highest BCUT2D eigenvalue weighted by molar-refractivity contribution is 6.35. The number of carbonyl (C=O) groups excluding carboxylic acids is 1. The lowest BCUT2D eigenvalue weighted by molar-refractivity contribution is -0.143. The smallest absolute Gasteiger partial charge is 0.330 e. The van der Waals surface area contributed by atoms with Gasteiger partial charge in [0.2, 0.25) is 0 Å². The fourth-order valence-corrected chi connectivity index (χ4v) is 2.66. The van der Waals surface area contributed by atoms with Gasteiger partial charge in [-0.1, -0.05) is 34.8 Å². The van der Waals surface area contributed by atoms with Gasteiger partial charge in [-0.25, -0.2) is 4.79 Å². The van der Waals surface area contributed by atoms with Crippen LogP contribution in [0.3, 0.4) is 0 Å². The number of aliphatic hydroxyl groups excluding tert-OH is 1. The van der Waals surface area contributed by atoms with Gasteiger partial charge in [0.1, 0.15) is 29.5 Å². The molecule has 0 aliphatic rings. The summed E-state index contributed by atoms with van der Waals surface area (Å²) >= 11 is 18.2. The van der Waals surface area contributed by atoms with Gasteiger partial charge >= 0.3 is 5.97 Å². The van der Waals surface area contributed by atoms with Gasteiger partial charge in [0.15, 0.2) is 0 Å². The van der Waals surface area contributed by atoms with E-state index in [0.29, 0.717) is 32.3 Å². The van der Waals surface area contributed by atoms with Gasteiger partial charge in [-0.3, -0.25) is 0 Å². The standard InChI is InChI=1S/C20H19Cl3O5/c1-12(3-8-20(25)27-13(2)11-24)26-19-10-15(5-6-16(19)22)28-18-7-4-14(21)9-17(18)23/h3-10,12-13,24H,11H2,1-2H3/b8-3+. The molecule has 0 saturated carbocycles. The zero-order chi connectivity index (χ0) is 20.7. The van der Waals surface area contributed by atoms with Gasteiger partial charge in [0, 0.05) is 17.2 Å². The molecular weight excluding hydrogens is 427 g/mol. The minimum absolute atomic E-state index is 0.244. The molecule has 0 heterocycles. The van der Waals surface area contributed by atoms with Crippen molar-refractivity contribution in [2.75, 3.05) is 6.61 Å². The molecule has 2 aromatic rings. The monoisotopic (exact) mass is 444 g/mol. The molecule has 2 rings (SSSR count). The SMILES string of the molecule is CC(/C=C/C(=O)OC(C)CO)Oc1cc(Oc2ccc(Cl)cc2Cl)ccc1Cl. The van der Waals surface area contributed by atoms with Gasteiger partial charge in [0.05, 0.1) is 16.7 Å². The third kappa shape index (κ3) is 6.91. The summed E-state index contributed by atoms with van der Waals surface area (Å²) in [6, 6.07) is 9.82. The molecule has 2 atom stereocenters. The van der Waals surface area contributed by atoms with E-state index in [1.54, 1.807) is 50.2 Å². The van der Waals surface area contributed by atoms with E-state index in [-0.39, 0.29) is 6.61 Å². The van der Waals surface area contributed by atoms with Crippen LogP contribution in [0.1, 0.15) is 13.8 Å². The fraction of sp³-hybridized carbons (Fsp3) is 0.250. The normalized spacial score (nSPS) is 13.2. The van der Waals surface area contributed by atoms with Gasteiger partial charge < -0.3 is 19.3 Å². The zero-order valence-corrected chi connectivity index (χ0v) is 17.5. The molecule has 0 spiro atoms. The molecule has 0 aliphatic carbocycles. The van der Waals surface area contributed by atoms with Crippen molar-refractivity contribution >= 4 is 40.8 Å². The maximum Gasteiger partial charge on any atom is 0.330 e. The Hall–Kier alpha value is -1.92. The molecule has 0 aromatic heterocycles. The maximum absolute atomic E-state index is 11.6. The molecular formula is C20H19Cl3O5. The first-order valence-electron chi connectivity index (χ1n) is 8.37. The summed E-state index contributed by atoms with van der Waals surface area (Å²) in [7, 11) is 0. The lowest BCUT2D eigenvalue weighted by Gasteiger charge is -2.14. The van der Waals surface area contributed by atoms with Crippen molar-refractivity contribution in [3.8, 4) is 17.2 Å². The number of rotatable bonds is 8. The molecule has 0 fully saturated rings. The van der Waals surface area contributed by atoms with Crippen molar-refractivity contribution < 1.29 is 24.1 Å². The maximum atomic E-state index is 11.6. The van der Waals surface area contributed by atoms with E-state index in [4.69, 9.17) is 54.1 Å².